The van der Waals surface area contributed by atoms with Gasteiger partial charge in [0.05, 0.1) is 6.54 Å². The summed E-state index contributed by atoms with van der Waals surface area (Å²) in [7, 11) is 0. The summed E-state index contributed by atoms with van der Waals surface area (Å²) in [5, 5.41) is 7.30. The zero-order valence-corrected chi connectivity index (χ0v) is 15.0. The molecule has 2 saturated heterocycles. The zero-order valence-electron chi connectivity index (χ0n) is 13.4. The molecule has 1 atom stereocenters. The van der Waals surface area contributed by atoms with Gasteiger partial charge in [0.25, 0.3) is 0 Å². The van der Waals surface area contributed by atoms with Crippen LogP contribution in [0.15, 0.2) is 4.52 Å². The molecule has 1 unspecified atom stereocenters. The Balaban J connectivity index is 0.00000132. The Kier molecular flexibility index (Phi) is 8.25. The number of carbonyl (C=O) groups is 1. The van der Waals surface area contributed by atoms with Crippen molar-refractivity contribution in [2.45, 2.75) is 38.8 Å². The van der Waals surface area contributed by atoms with Crippen molar-refractivity contribution in [1.82, 2.24) is 25.3 Å². The highest BCUT2D eigenvalue weighted by molar-refractivity contribution is 5.85. The van der Waals surface area contributed by atoms with Gasteiger partial charge in [0.15, 0.2) is 5.82 Å². The molecule has 1 amide bonds. The summed E-state index contributed by atoms with van der Waals surface area (Å²) in [6.45, 7) is 6.88. The summed E-state index contributed by atoms with van der Waals surface area (Å²) in [4.78, 5) is 20.7. The molecule has 23 heavy (non-hydrogen) atoms. The first kappa shape index (κ1) is 20.2. The highest BCUT2D eigenvalue weighted by Gasteiger charge is 2.25. The van der Waals surface area contributed by atoms with Crippen LogP contribution in [-0.2, 0) is 11.3 Å². The number of hydrogen-bond donors (Lipinski definition) is 1. The van der Waals surface area contributed by atoms with Gasteiger partial charge in [-0.15, -0.1) is 24.8 Å². The molecule has 1 aromatic heterocycles. The van der Waals surface area contributed by atoms with Gasteiger partial charge in [-0.3, -0.25) is 9.69 Å². The summed E-state index contributed by atoms with van der Waals surface area (Å²) in [5.41, 5.74) is 0. The number of amides is 1. The molecule has 3 rings (SSSR count). The van der Waals surface area contributed by atoms with E-state index in [4.69, 9.17) is 4.52 Å². The van der Waals surface area contributed by atoms with E-state index in [9.17, 15) is 4.79 Å². The monoisotopic (exact) mass is 365 g/mol. The zero-order chi connectivity index (χ0) is 14.7. The van der Waals surface area contributed by atoms with Crippen LogP contribution in [-0.4, -0.2) is 64.6 Å². The first-order valence-electron chi connectivity index (χ1n) is 7.73. The minimum absolute atomic E-state index is 0. The Labute approximate surface area is 149 Å². The number of rotatable bonds is 4. The fraction of sp³-hybridized carbons (Fsp3) is 0.786. The lowest BCUT2D eigenvalue weighted by atomic mass is 10.1. The lowest BCUT2D eigenvalue weighted by Crippen LogP contribution is -2.49. The van der Waals surface area contributed by atoms with Crippen molar-refractivity contribution in [3.8, 4) is 0 Å². The van der Waals surface area contributed by atoms with Gasteiger partial charge in [0.2, 0.25) is 11.8 Å². The summed E-state index contributed by atoms with van der Waals surface area (Å²) < 4.78 is 4.98. The van der Waals surface area contributed by atoms with E-state index in [0.717, 1.165) is 45.0 Å². The highest BCUT2D eigenvalue weighted by atomic mass is 35.5. The third-order valence-electron chi connectivity index (χ3n) is 4.24. The molecule has 2 fully saturated rings. The Morgan fingerprint density at radius 3 is 2.61 bits per heavy atom. The third-order valence-corrected chi connectivity index (χ3v) is 4.24. The van der Waals surface area contributed by atoms with E-state index in [0.29, 0.717) is 24.9 Å². The quantitative estimate of drug-likeness (QED) is 0.857. The Bertz CT molecular complexity index is 485. The molecule has 3 heterocycles. The number of aromatic nitrogens is 2. The number of halogens is 2. The van der Waals surface area contributed by atoms with Gasteiger partial charge in [-0.05, 0) is 19.4 Å². The maximum Gasteiger partial charge on any atom is 0.224 e. The van der Waals surface area contributed by atoms with Crippen molar-refractivity contribution in [3.63, 3.8) is 0 Å². The maximum atomic E-state index is 12.3. The van der Waals surface area contributed by atoms with Gasteiger partial charge >= 0.3 is 0 Å². The topological polar surface area (TPSA) is 74.5 Å². The number of aryl methyl sites for hydroxylation is 1. The molecule has 0 spiro atoms. The number of hydrogen-bond acceptors (Lipinski definition) is 6. The molecule has 1 N–H and O–H groups in total. The SMILES string of the molecule is Cc1nc(CN2CCN(C(=O)CC3CCCN3)CC2)no1.Cl.Cl. The molecule has 0 saturated carbocycles. The van der Waals surface area contributed by atoms with Crippen LogP contribution in [0.4, 0.5) is 0 Å². The van der Waals surface area contributed by atoms with Crippen LogP contribution >= 0.6 is 24.8 Å². The van der Waals surface area contributed by atoms with Crippen LogP contribution < -0.4 is 5.32 Å². The predicted octanol–water partition coefficient (Wildman–Crippen LogP) is 1.01. The van der Waals surface area contributed by atoms with Gasteiger partial charge in [0.1, 0.15) is 0 Å². The molecule has 2 aliphatic heterocycles. The standard InChI is InChI=1S/C14H23N5O2.2ClH/c1-11-16-13(17-21-11)10-18-5-7-19(8-6-18)14(20)9-12-3-2-4-15-12;;/h12,15H,2-10H2,1H3;2*1H. The summed E-state index contributed by atoms with van der Waals surface area (Å²) in [5.74, 6) is 1.61. The Morgan fingerprint density at radius 2 is 2.04 bits per heavy atom. The van der Waals surface area contributed by atoms with Crippen LogP contribution in [0.25, 0.3) is 0 Å². The average Bonchev–Trinajstić information content (AvgIpc) is 3.12. The van der Waals surface area contributed by atoms with E-state index in [1.807, 2.05) is 4.90 Å². The minimum Gasteiger partial charge on any atom is -0.340 e. The molecule has 1 aromatic rings. The number of piperazine rings is 1. The Morgan fingerprint density at radius 1 is 1.30 bits per heavy atom. The maximum absolute atomic E-state index is 12.3. The fourth-order valence-corrected chi connectivity index (χ4v) is 3.03. The van der Waals surface area contributed by atoms with Gasteiger partial charge < -0.3 is 14.7 Å². The normalized spacial score (nSPS) is 21.6. The second-order valence-electron chi connectivity index (χ2n) is 5.88. The van der Waals surface area contributed by atoms with Gasteiger partial charge in [-0.1, -0.05) is 5.16 Å². The Hall–Kier alpha value is -0.890. The number of nitrogens with zero attached hydrogens (tertiary/aromatic N) is 4. The molecule has 0 aromatic carbocycles. The van der Waals surface area contributed by atoms with Crippen molar-refractivity contribution in [2.75, 3.05) is 32.7 Å². The number of nitrogens with one attached hydrogen (secondary N) is 1. The van der Waals surface area contributed by atoms with Crippen LogP contribution in [0.5, 0.6) is 0 Å². The van der Waals surface area contributed by atoms with Crippen LogP contribution in [0.2, 0.25) is 0 Å². The third kappa shape index (κ3) is 5.60. The van der Waals surface area contributed by atoms with Crippen molar-refractivity contribution in [3.05, 3.63) is 11.7 Å². The van der Waals surface area contributed by atoms with E-state index in [1.54, 1.807) is 6.92 Å². The van der Waals surface area contributed by atoms with Crippen LogP contribution in [0.1, 0.15) is 31.0 Å². The van der Waals surface area contributed by atoms with E-state index in [-0.39, 0.29) is 30.7 Å². The average molecular weight is 366 g/mol. The molecule has 132 valence electrons. The van der Waals surface area contributed by atoms with Crippen molar-refractivity contribution < 1.29 is 9.32 Å². The van der Waals surface area contributed by atoms with E-state index < -0.39 is 0 Å². The first-order chi connectivity index (χ1) is 10.2. The lowest BCUT2D eigenvalue weighted by molar-refractivity contribution is -0.133. The van der Waals surface area contributed by atoms with Crippen molar-refractivity contribution in [1.29, 1.82) is 0 Å². The molecular formula is C14H25Cl2N5O2. The smallest absolute Gasteiger partial charge is 0.224 e. The highest BCUT2D eigenvalue weighted by Crippen LogP contribution is 2.12. The van der Waals surface area contributed by atoms with E-state index in [1.165, 1.54) is 6.42 Å². The summed E-state index contributed by atoms with van der Waals surface area (Å²) >= 11 is 0. The molecule has 7 nitrogen and oxygen atoms in total. The lowest BCUT2D eigenvalue weighted by Gasteiger charge is -2.34. The molecule has 0 radical (unpaired) electrons. The van der Waals surface area contributed by atoms with Crippen molar-refractivity contribution in [2.24, 2.45) is 0 Å². The molecule has 9 heteroatoms. The van der Waals surface area contributed by atoms with Gasteiger partial charge in [-0.2, -0.15) is 4.98 Å². The van der Waals surface area contributed by atoms with Gasteiger partial charge in [0, 0.05) is 45.6 Å². The molecule has 2 aliphatic rings. The van der Waals surface area contributed by atoms with Crippen molar-refractivity contribution >= 4 is 30.7 Å². The largest absolute Gasteiger partial charge is 0.340 e. The molecule has 0 aliphatic carbocycles. The first-order valence-corrected chi connectivity index (χ1v) is 7.73. The molecule has 0 bridgehead atoms. The van der Waals surface area contributed by atoms with E-state index in [2.05, 4.69) is 20.4 Å². The van der Waals surface area contributed by atoms with Crippen LogP contribution in [0.3, 0.4) is 0 Å². The minimum atomic E-state index is 0. The van der Waals surface area contributed by atoms with Crippen LogP contribution in [0, 0.1) is 6.92 Å². The van der Waals surface area contributed by atoms with Gasteiger partial charge in [-0.25, -0.2) is 0 Å². The number of carbonyl (C=O) groups excluding carboxylic acids is 1. The predicted molar refractivity (Wildman–Crippen MR) is 91.0 cm³/mol. The second kappa shape index (κ2) is 9.42. The fourth-order valence-electron chi connectivity index (χ4n) is 3.03. The summed E-state index contributed by atoms with van der Waals surface area (Å²) in [6, 6.07) is 0.387. The second-order valence-corrected chi connectivity index (χ2v) is 5.88. The summed E-state index contributed by atoms with van der Waals surface area (Å²) in [6.07, 6.45) is 2.96. The van der Waals surface area contributed by atoms with E-state index >= 15 is 0 Å². The molecular weight excluding hydrogens is 341 g/mol.